The highest BCUT2D eigenvalue weighted by Gasteiger charge is 2.26. The van der Waals surface area contributed by atoms with Crippen LogP contribution >= 0.6 is 0 Å². The first-order valence-corrected chi connectivity index (χ1v) is 14.6. The van der Waals surface area contributed by atoms with Gasteiger partial charge < -0.3 is 24.6 Å². The molecular weight excluding hydrogens is 556 g/mol. The molecule has 5 rings (SSSR count). The fourth-order valence-electron chi connectivity index (χ4n) is 4.89. The Morgan fingerprint density at radius 1 is 0.841 bits per heavy atom. The van der Waals surface area contributed by atoms with Crippen molar-refractivity contribution < 1.29 is 19.1 Å². The van der Waals surface area contributed by atoms with Crippen LogP contribution in [0.15, 0.2) is 85.1 Å². The normalized spacial score (nSPS) is 13.3. The molecule has 0 atom stereocenters. The zero-order valence-electron chi connectivity index (χ0n) is 25.8. The number of aryl methyl sites for hydroxylation is 2. The van der Waals surface area contributed by atoms with Crippen LogP contribution in [0.3, 0.4) is 0 Å². The van der Waals surface area contributed by atoms with Crippen LogP contribution in [0.1, 0.15) is 31.9 Å². The molecule has 4 aromatic rings. The summed E-state index contributed by atoms with van der Waals surface area (Å²) in [6.07, 6.45) is 0.753. The van der Waals surface area contributed by atoms with Crippen molar-refractivity contribution in [3.63, 3.8) is 0 Å². The first-order chi connectivity index (χ1) is 21.1. The van der Waals surface area contributed by atoms with E-state index in [0.717, 1.165) is 22.5 Å². The minimum atomic E-state index is -0.575. The van der Waals surface area contributed by atoms with Crippen LogP contribution in [-0.2, 0) is 4.74 Å². The maximum Gasteiger partial charge on any atom is 0.425 e. The highest BCUT2D eigenvalue weighted by molar-refractivity contribution is 5.96. The van der Waals surface area contributed by atoms with Crippen molar-refractivity contribution in [2.75, 3.05) is 41.3 Å². The molecule has 1 aromatic heterocycles. The van der Waals surface area contributed by atoms with Crippen LogP contribution in [-0.4, -0.2) is 58.8 Å². The van der Waals surface area contributed by atoms with Gasteiger partial charge in [0, 0.05) is 49.8 Å². The van der Waals surface area contributed by atoms with Gasteiger partial charge in [0.05, 0.1) is 5.69 Å². The van der Waals surface area contributed by atoms with Gasteiger partial charge in [-0.15, -0.1) is 0 Å². The highest BCUT2D eigenvalue weighted by atomic mass is 16.6. The molecule has 1 aliphatic heterocycles. The van der Waals surface area contributed by atoms with Crippen molar-refractivity contribution in [2.24, 2.45) is 0 Å². The summed E-state index contributed by atoms with van der Waals surface area (Å²) in [4.78, 5) is 40.4. The number of carbonyl (C=O) groups is 2. The van der Waals surface area contributed by atoms with Crippen molar-refractivity contribution in [1.29, 1.82) is 0 Å². The molecule has 1 saturated heterocycles. The largest absolute Gasteiger partial charge is 0.444 e. The van der Waals surface area contributed by atoms with Gasteiger partial charge in [0.25, 0.3) is 0 Å². The Labute approximate surface area is 258 Å². The summed E-state index contributed by atoms with van der Waals surface area (Å²) < 4.78 is 11.4. The number of carbonyl (C=O) groups excluding carboxylic acids is 2. The smallest absolute Gasteiger partial charge is 0.425 e. The van der Waals surface area contributed by atoms with Gasteiger partial charge in [0.15, 0.2) is 0 Å². The van der Waals surface area contributed by atoms with Gasteiger partial charge in [-0.1, -0.05) is 36.4 Å². The highest BCUT2D eigenvalue weighted by Crippen LogP contribution is 2.29. The molecule has 3 aromatic carbocycles. The van der Waals surface area contributed by atoms with E-state index in [1.54, 1.807) is 17.2 Å². The standard InChI is InChI=1S/C34H38N6O4/c1-24-10-9-11-25(2)30(24)43-33(42)40(28-12-7-6-8-13-28)29-18-19-35-31(37-29)36-26-14-16-27(17-15-26)38-20-22-39(23-21-38)32(41)44-34(3,4)5/h6-19H,20-23H2,1-5H3,(H,35,36,37). The first-order valence-electron chi connectivity index (χ1n) is 14.6. The summed E-state index contributed by atoms with van der Waals surface area (Å²) in [6, 6.07) is 24.6. The van der Waals surface area contributed by atoms with Crippen molar-refractivity contribution in [1.82, 2.24) is 14.9 Å². The number of anilines is 5. The molecule has 1 fully saturated rings. The molecule has 0 spiro atoms. The summed E-state index contributed by atoms with van der Waals surface area (Å²) in [7, 11) is 0. The summed E-state index contributed by atoms with van der Waals surface area (Å²) in [5, 5.41) is 3.24. The van der Waals surface area contributed by atoms with Crippen molar-refractivity contribution in [3.8, 4) is 5.75 Å². The van der Waals surface area contributed by atoms with E-state index in [0.29, 0.717) is 49.4 Å². The van der Waals surface area contributed by atoms with Crippen molar-refractivity contribution in [3.05, 3.63) is 96.2 Å². The topological polar surface area (TPSA) is 100 Å². The lowest BCUT2D eigenvalue weighted by Gasteiger charge is -2.36. The van der Waals surface area contributed by atoms with Crippen LogP contribution < -0.4 is 19.9 Å². The predicted molar refractivity (Wildman–Crippen MR) is 172 cm³/mol. The number of aromatic nitrogens is 2. The fourth-order valence-corrected chi connectivity index (χ4v) is 4.89. The Balaban J connectivity index is 1.28. The van der Waals surface area contributed by atoms with Crippen molar-refractivity contribution >= 4 is 41.0 Å². The number of rotatable bonds is 6. The molecule has 0 radical (unpaired) electrons. The van der Waals surface area contributed by atoms with E-state index in [1.165, 1.54) is 4.90 Å². The molecule has 1 aliphatic rings. The zero-order chi connectivity index (χ0) is 31.3. The lowest BCUT2D eigenvalue weighted by atomic mass is 10.1. The van der Waals surface area contributed by atoms with Gasteiger partial charge in [-0.25, -0.2) is 19.5 Å². The minimum absolute atomic E-state index is 0.275. The lowest BCUT2D eigenvalue weighted by Crippen LogP contribution is -2.50. The van der Waals surface area contributed by atoms with E-state index >= 15 is 0 Å². The summed E-state index contributed by atoms with van der Waals surface area (Å²) in [5.41, 5.74) is 3.68. The molecule has 10 nitrogen and oxygen atoms in total. The Morgan fingerprint density at radius 2 is 1.50 bits per heavy atom. The molecule has 0 unspecified atom stereocenters. The van der Waals surface area contributed by atoms with Gasteiger partial charge in [-0.05, 0) is 82.1 Å². The number of nitrogens with one attached hydrogen (secondary N) is 1. The third-order valence-corrected chi connectivity index (χ3v) is 7.09. The van der Waals surface area contributed by atoms with E-state index in [1.807, 2.05) is 107 Å². The predicted octanol–water partition coefficient (Wildman–Crippen LogP) is 7.23. The van der Waals surface area contributed by atoms with Crippen LogP contribution in [0.2, 0.25) is 0 Å². The van der Waals surface area contributed by atoms with Gasteiger partial charge in [0.1, 0.15) is 17.2 Å². The zero-order valence-corrected chi connectivity index (χ0v) is 25.8. The number of hydrogen-bond acceptors (Lipinski definition) is 8. The molecule has 0 bridgehead atoms. The second-order valence-electron chi connectivity index (χ2n) is 11.6. The summed E-state index contributed by atoms with van der Waals surface area (Å²) in [6.45, 7) is 12.1. The Bertz CT molecular complexity index is 1580. The average molecular weight is 595 g/mol. The van der Waals surface area contributed by atoms with Crippen LogP contribution in [0, 0.1) is 13.8 Å². The third-order valence-electron chi connectivity index (χ3n) is 7.09. The maximum absolute atomic E-state index is 13.6. The van der Waals surface area contributed by atoms with E-state index in [2.05, 4.69) is 20.2 Å². The molecule has 2 heterocycles. The number of hydrogen-bond donors (Lipinski definition) is 1. The number of para-hydroxylation sites is 2. The van der Waals surface area contributed by atoms with E-state index in [4.69, 9.17) is 9.47 Å². The second-order valence-corrected chi connectivity index (χ2v) is 11.6. The molecular formula is C34H38N6O4. The SMILES string of the molecule is Cc1cccc(C)c1OC(=O)N(c1ccccc1)c1ccnc(Nc2ccc(N3CCN(C(=O)OC(C)(C)C)CC3)cc2)n1. The second kappa shape index (κ2) is 13.0. The summed E-state index contributed by atoms with van der Waals surface area (Å²) in [5.74, 6) is 1.23. The van der Waals surface area contributed by atoms with E-state index in [-0.39, 0.29) is 6.09 Å². The van der Waals surface area contributed by atoms with E-state index < -0.39 is 11.7 Å². The minimum Gasteiger partial charge on any atom is -0.444 e. The Morgan fingerprint density at radius 3 is 2.14 bits per heavy atom. The molecule has 0 saturated carbocycles. The van der Waals surface area contributed by atoms with E-state index in [9.17, 15) is 9.59 Å². The van der Waals surface area contributed by atoms with Crippen LogP contribution in [0.4, 0.5) is 38.4 Å². The average Bonchev–Trinajstić information content (AvgIpc) is 3.00. The molecule has 2 amide bonds. The molecule has 228 valence electrons. The molecule has 1 N–H and O–H groups in total. The molecule has 10 heteroatoms. The van der Waals surface area contributed by atoms with Gasteiger partial charge in [0.2, 0.25) is 5.95 Å². The van der Waals surface area contributed by atoms with Gasteiger partial charge >= 0.3 is 12.2 Å². The third kappa shape index (κ3) is 7.44. The van der Waals surface area contributed by atoms with Crippen LogP contribution in [0.5, 0.6) is 5.75 Å². The first kappa shape index (κ1) is 30.3. The lowest BCUT2D eigenvalue weighted by molar-refractivity contribution is 0.0240. The summed E-state index contributed by atoms with van der Waals surface area (Å²) >= 11 is 0. The number of amides is 2. The molecule has 0 aliphatic carbocycles. The number of ether oxygens (including phenoxy) is 2. The number of benzene rings is 3. The van der Waals surface area contributed by atoms with Gasteiger partial charge in [-0.3, -0.25) is 0 Å². The molecule has 44 heavy (non-hydrogen) atoms. The van der Waals surface area contributed by atoms with Crippen LogP contribution in [0.25, 0.3) is 0 Å². The fraction of sp³-hybridized carbons (Fsp3) is 0.294. The Kier molecular flexibility index (Phi) is 8.99. The van der Waals surface area contributed by atoms with Gasteiger partial charge in [-0.2, -0.15) is 4.98 Å². The number of piperazine rings is 1. The number of nitrogens with zero attached hydrogens (tertiary/aromatic N) is 5. The maximum atomic E-state index is 13.6. The van der Waals surface area contributed by atoms with Crippen molar-refractivity contribution in [2.45, 2.75) is 40.2 Å². The quantitative estimate of drug-likeness (QED) is 0.250. The Hall–Kier alpha value is -5.12. The monoisotopic (exact) mass is 594 g/mol.